The van der Waals surface area contributed by atoms with Crippen LogP contribution >= 0.6 is 0 Å². The first kappa shape index (κ1) is 14.4. The molecule has 5 heteroatoms. The lowest BCUT2D eigenvalue weighted by Gasteiger charge is -2.25. The highest BCUT2D eigenvalue weighted by Crippen LogP contribution is 2.45. The average molecular weight is 289 g/mol. The van der Waals surface area contributed by atoms with Gasteiger partial charge in [-0.05, 0) is 37.2 Å². The number of aliphatic imine (C=N–C) groups is 1. The summed E-state index contributed by atoms with van der Waals surface area (Å²) in [6.45, 7) is 6.17. The van der Waals surface area contributed by atoms with E-state index in [1.807, 2.05) is 17.9 Å². The van der Waals surface area contributed by atoms with E-state index in [1.54, 1.807) is 0 Å². The molecule has 1 aromatic rings. The van der Waals surface area contributed by atoms with Crippen molar-refractivity contribution >= 4 is 5.96 Å². The van der Waals surface area contributed by atoms with E-state index in [4.69, 9.17) is 0 Å². The molecule has 2 fully saturated rings. The first-order valence-corrected chi connectivity index (χ1v) is 8.15. The molecule has 116 valence electrons. The fourth-order valence-corrected chi connectivity index (χ4v) is 3.85. The van der Waals surface area contributed by atoms with Crippen molar-refractivity contribution < 1.29 is 0 Å². The standard InChI is InChI=1S/C16H27N5/c1-14-11-19-21(12-14)10-8-18-15(17-2)20-9-7-16(13-20)5-3-4-6-16/h11-12H,3-10,13H2,1-2H3,(H,17,18). The van der Waals surface area contributed by atoms with Crippen molar-refractivity contribution in [1.82, 2.24) is 20.0 Å². The Kier molecular flexibility index (Phi) is 4.17. The number of nitrogens with zero attached hydrogens (tertiary/aromatic N) is 4. The van der Waals surface area contributed by atoms with E-state index in [-0.39, 0.29) is 0 Å². The molecule has 3 rings (SSSR count). The monoisotopic (exact) mass is 289 g/mol. The number of hydrogen-bond acceptors (Lipinski definition) is 2. The molecule has 0 radical (unpaired) electrons. The van der Waals surface area contributed by atoms with Gasteiger partial charge in [0.05, 0.1) is 12.7 Å². The number of nitrogens with one attached hydrogen (secondary N) is 1. The Morgan fingerprint density at radius 2 is 2.19 bits per heavy atom. The van der Waals surface area contributed by atoms with Crippen LogP contribution < -0.4 is 5.32 Å². The van der Waals surface area contributed by atoms with Crippen molar-refractivity contribution in [2.75, 3.05) is 26.7 Å². The van der Waals surface area contributed by atoms with E-state index in [2.05, 4.69) is 33.4 Å². The van der Waals surface area contributed by atoms with Crippen LogP contribution in [0.15, 0.2) is 17.4 Å². The van der Waals surface area contributed by atoms with Gasteiger partial charge in [-0.3, -0.25) is 9.67 Å². The summed E-state index contributed by atoms with van der Waals surface area (Å²) in [6.07, 6.45) is 11.0. The van der Waals surface area contributed by atoms with Gasteiger partial charge in [-0.2, -0.15) is 5.10 Å². The lowest BCUT2D eigenvalue weighted by Crippen LogP contribution is -2.42. The molecule has 0 atom stereocenters. The fourth-order valence-electron chi connectivity index (χ4n) is 3.85. The van der Waals surface area contributed by atoms with Crippen molar-refractivity contribution in [3.63, 3.8) is 0 Å². The minimum absolute atomic E-state index is 0.594. The van der Waals surface area contributed by atoms with E-state index < -0.39 is 0 Å². The van der Waals surface area contributed by atoms with Crippen LogP contribution in [-0.2, 0) is 6.54 Å². The lowest BCUT2D eigenvalue weighted by atomic mass is 9.86. The Morgan fingerprint density at radius 3 is 2.86 bits per heavy atom. The van der Waals surface area contributed by atoms with E-state index in [0.717, 1.165) is 25.6 Å². The first-order chi connectivity index (χ1) is 10.2. The summed E-state index contributed by atoms with van der Waals surface area (Å²) in [6, 6.07) is 0. The summed E-state index contributed by atoms with van der Waals surface area (Å²) >= 11 is 0. The van der Waals surface area contributed by atoms with Crippen LogP contribution in [0.25, 0.3) is 0 Å². The topological polar surface area (TPSA) is 45.5 Å². The zero-order chi connectivity index (χ0) is 14.7. The van der Waals surface area contributed by atoms with Gasteiger partial charge in [-0.1, -0.05) is 12.8 Å². The number of guanidine groups is 1. The molecule has 1 saturated carbocycles. The zero-order valence-electron chi connectivity index (χ0n) is 13.3. The van der Waals surface area contributed by atoms with Crippen molar-refractivity contribution in [3.05, 3.63) is 18.0 Å². The molecule has 1 aliphatic heterocycles. The highest BCUT2D eigenvalue weighted by Gasteiger charge is 2.40. The number of rotatable bonds is 3. The molecule has 1 N–H and O–H groups in total. The maximum atomic E-state index is 4.46. The van der Waals surface area contributed by atoms with E-state index >= 15 is 0 Å². The molecular weight excluding hydrogens is 262 g/mol. The Labute approximate surface area is 127 Å². The van der Waals surface area contributed by atoms with Crippen LogP contribution in [0, 0.1) is 12.3 Å². The molecular formula is C16H27N5. The van der Waals surface area contributed by atoms with Crippen molar-refractivity contribution in [2.24, 2.45) is 10.4 Å². The Bertz CT molecular complexity index is 499. The van der Waals surface area contributed by atoms with E-state index in [1.165, 1.54) is 44.2 Å². The van der Waals surface area contributed by atoms with Crippen LogP contribution in [0.1, 0.15) is 37.7 Å². The second-order valence-electron chi connectivity index (χ2n) is 6.63. The summed E-state index contributed by atoms with van der Waals surface area (Å²) in [7, 11) is 1.89. The van der Waals surface area contributed by atoms with Gasteiger partial charge in [-0.15, -0.1) is 0 Å². The normalized spacial score (nSPS) is 21.4. The highest BCUT2D eigenvalue weighted by molar-refractivity contribution is 5.80. The third-order valence-electron chi connectivity index (χ3n) is 5.00. The molecule has 1 saturated heterocycles. The molecule has 0 aromatic carbocycles. The van der Waals surface area contributed by atoms with Crippen molar-refractivity contribution in [2.45, 2.75) is 45.6 Å². The predicted molar refractivity (Wildman–Crippen MR) is 85.4 cm³/mol. The van der Waals surface area contributed by atoms with Crippen LogP contribution in [0.5, 0.6) is 0 Å². The Hall–Kier alpha value is -1.52. The van der Waals surface area contributed by atoms with Gasteiger partial charge in [-0.25, -0.2) is 0 Å². The quantitative estimate of drug-likeness (QED) is 0.684. The second-order valence-corrected chi connectivity index (χ2v) is 6.63. The molecule has 1 aromatic heterocycles. The molecule has 1 aliphatic carbocycles. The minimum Gasteiger partial charge on any atom is -0.354 e. The van der Waals surface area contributed by atoms with Gasteiger partial charge >= 0.3 is 0 Å². The first-order valence-electron chi connectivity index (χ1n) is 8.15. The van der Waals surface area contributed by atoms with Gasteiger partial charge < -0.3 is 10.2 Å². The largest absolute Gasteiger partial charge is 0.354 e. The summed E-state index contributed by atoms with van der Waals surface area (Å²) < 4.78 is 1.98. The number of hydrogen-bond donors (Lipinski definition) is 1. The predicted octanol–water partition coefficient (Wildman–Crippen LogP) is 2.03. The molecule has 5 nitrogen and oxygen atoms in total. The number of aryl methyl sites for hydroxylation is 1. The number of aromatic nitrogens is 2. The van der Waals surface area contributed by atoms with Gasteiger partial charge in [0.1, 0.15) is 0 Å². The van der Waals surface area contributed by atoms with E-state index in [9.17, 15) is 0 Å². The highest BCUT2D eigenvalue weighted by atomic mass is 15.3. The molecule has 2 aliphatic rings. The SMILES string of the molecule is CN=C(NCCn1cc(C)cn1)N1CCC2(CCCC2)C1. The fraction of sp³-hybridized carbons (Fsp3) is 0.750. The molecule has 0 amide bonds. The van der Waals surface area contributed by atoms with E-state index in [0.29, 0.717) is 5.41 Å². The molecule has 0 bridgehead atoms. The summed E-state index contributed by atoms with van der Waals surface area (Å²) in [5.74, 6) is 1.06. The third kappa shape index (κ3) is 3.22. The van der Waals surface area contributed by atoms with Crippen LogP contribution in [0.4, 0.5) is 0 Å². The van der Waals surface area contributed by atoms with Crippen LogP contribution in [0.3, 0.4) is 0 Å². The minimum atomic E-state index is 0.594. The molecule has 2 heterocycles. The maximum absolute atomic E-state index is 4.46. The van der Waals surface area contributed by atoms with Gasteiger partial charge in [0, 0.05) is 32.9 Å². The molecule has 0 unspecified atom stereocenters. The molecule has 1 spiro atoms. The maximum Gasteiger partial charge on any atom is 0.193 e. The van der Waals surface area contributed by atoms with Gasteiger partial charge in [0.2, 0.25) is 0 Å². The smallest absolute Gasteiger partial charge is 0.193 e. The Balaban J connectivity index is 1.49. The lowest BCUT2D eigenvalue weighted by molar-refractivity contribution is 0.309. The summed E-state index contributed by atoms with van der Waals surface area (Å²) in [4.78, 5) is 6.91. The van der Waals surface area contributed by atoms with Gasteiger partial charge in [0.25, 0.3) is 0 Å². The number of likely N-dealkylation sites (tertiary alicyclic amines) is 1. The summed E-state index contributed by atoms with van der Waals surface area (Å²) in [5.41, 5.74) is 1.80. The van der Waals surface area contributed by atoms with Crippen molar-refractivity contribution in [1.29, 1.82) is 0 Å². The van der Waals surface area contributed by atoms with Crippen LogP contribution in [-0.4, -0.2) is 47.3 Å². The Morgan fingerprint density at radius 1 is 1.38 bits per heavy atom. The third-order valence-corrected chi connectivity index (χ3v) is 5.00. The summed E-state index contributed by atoms with van der Waals surface area (Å²) in [5, 5.41) is 7.81. The van der Waals surface area contributed by atoms with Gasteiger partial charge in [0.15, 0.2) is 5.96 Å². The van der Waals surface area contributed by atoms with Crippen LogP contribution in [0.2, 0.25) is 0 Å². The average Bonchev–Trinajstić information content (AvgIpc) is 3.19. The van der Waals surface area contributed by atoms with Crippen molar-refractivity contribution in [3.8, 4) is 0 Å². The zero-order valence-corrected chi connectivity index (χ0v) is 13.3. The second kappa shape index (κ2) is 6.08. The molecule has 21 heavy (non-hydrogen) atoms.